The van der Waals surface area contributed by atoms with Gasteiger partial charge >= 0.3 is 0 Å². The highest BCUT2D eigenvalue weighted by molar-refractivity contribution is 5.77. The summed E-state index contributed by atoms with van der Waals surface area (Å²) in [5.41, 5.74) is 3.92. The smallest absolute Gasteiger partial charge is 0.257 e. The molecule has 3 rings (SSSR count). The number of hydrogen-bond acceptors (Lipinski definition) is 4. The molecule has 0 saturated heterocycles. The number of nitrogens with one attached hydrogen (secondary N) is 1. The molecule has 6 heteroatoms. The van der Waals surface area contributed by atoms with Gasteiger partial charge in [0.1, 0.15) is 5.75 Å². The van der Waals surface area contributed by atoms with Crippen molar-refractivity contribution in [2.24, 2.45) is 0 Å². The molecule has 1 N–H and O–H groups in total. The minimum Gasteiger partial charge on any atom is -0.484 e. The first-order chi connectivity index (χ1) is 12.1. The third-order valence-corrected chi connectivity index (χ3v) is 3.91. The highest BCUT2D eigenvalue weighted by Crippen LogP contribution is 2.15. The van der Waals surface area contributed by atoms with Crippen LogP contribution in [0.3, 0.4) is 0 Å². The lowest BCUT2D eigenvalue weighted by atomic mass is 10.2. The Hall–Kier alpha value is -2.89. The summed E-state index contributed by atoms with van der Waals surface area (Å²) in [5.74, 6) is 0.631. The zero-order valence-electron chi connectivity index (χ0n) is 14.5. The molecule has 0 bridgehead atoms. The number of fused-ring (bicyclic) bond motifs is 1. The van der Waals surface area contributed by atoms with Crippen LogP contribution in [0.5, 0.6) is 5.75 Å². The molecule has 130 valence electrons. The minimum atomic E-state index is -0.112. The Bertz CT molecular complexity index is 873. The van der Waals surface area contributed by atoms with E-state index in [0.29, 0.717) is 6.54 Å². The van der Waals surface area contributed by atoms with Crippen molar-refractivity contribution in [3.63, 3.8) is 0 Å². The van der Waals surface area contributed by atoms with Gasteiger partial charge in [-0.15, -0.1) is 0 Å². The quantitative estimate of drug-likeness (QED) is 0.672. The fourth-order valence-electron chi connectivity index (χ4n) is 2.60. The molecule has 0 spiro atoms. The van der Waals surface area contributed by atoms with E-state index in [1.807, 2.05) is 56.6 Å². The van der Waals surface area contributed by atoms with Crippen LogP contribution < -0.4 is 10.1 Å². The van der Waals surface area contributed by atoms with Gasteiger partial charge in [0.2, 0.25) is 0 Å². The maximum absolute atomic E-state index is 11.9. The van der Waals surface area contributed by atoms with Gasteiger partial charge in [0.15, 0.2) is 12.3 Å². The van der Waals surface area contributed by atoms with Crippen LogP contribution in [0.4, 0.5) is 0 Å². The molecule has 1 aromatic carbocycles. The van der Waals surface area contributed by atoms with E-state index in [0.717, 1.165) is 41.1 Å². The van der Waals surface area contributed by atoms with Crippen molar-refractivity contribution < 1.29 is 9.53 Å². The lowest BCUT2D eigenvalue weighted by Crippen LogP contribution is -2.30. The molecule has 0 atom stereocenters. The van der Waals surface area contributed by atoms with Crippen molar-refractivity contribution >= 4 is 11.6 Å². The maximum atomic E-state index is 11.9. The molecular weight excluding hydrogens is 316 g/mol. The van der Waals surface area contributed by atoms with Crippen LogP contribution in [0.1, 0.15) is 23.2 Å². The SMILES string of the molecule is Cc1cc2ncc(CCCNC(=O)COc3ccccc3C)cn2n1. The molecule has 6 nitrogen and oxygen atoms in total. The predicted molar refractivity (Wildman–Crippen MR) is 95.7 cm³/mol. The number of nitrogens with zero attached hydrogens (tertiary/aromatic N) is 3. The number of ether oxygens (including phenoxy) is 1. The molecule has 0 radical (unpaired) electrons. The summed E-state index contributed by atoms with van der Waals surface area (Å²) in [6.07, 6.45) is 5.52. The molecule has 0 aliphatic rings. The molecule has 3 aromatic rings. The van der Waals surface area contributed by atoms with Crippen molar-refractivity contribution in [3.05, 3.63) is 59.5 Å². The Morgan fingerprint density at radius 3 is 2.96 bits per heavy atom. The first-order valence-electron chi connectivity index (χ1n) is 8.38. The van der Waals surface area contributed by atoms with E-state index in [-0.39, 0.29) is 12.5 Å². The Labute approximate surface area is 146 Å². The largest absolute Gasteiger partial charge is 0.484 e. The van der Waals surface area contributed by atoms with Crippen LogP contribution in [-0.2, 0) is 11.2 Å². The number of aryl methyl sites for hydroxylation is 3. The van der Waals surface area contributed by atoms with Gasteiger partial charge in [0, 0.05) is 25.0 Å². The second-order valence-electron chi connectivity index (χ2n) is 6.06. The van der Waals surface area contributed by atoms with Gasteiger partial charge in [-0.3, -0.25) is 4.79 Å². The highest BCUT2D eigenvalue weighted by Gasteiger charge is 2.05. The van der Waals surface area contributed by atoms with Crippen molar-refractivity contribution in [2.75, 3.05) is 13.2 Å². The molecule has 2 heterocycles. The van der Waals surface area contributed by atoms with Gasteiger partial charge < -0.3 is 10.1 Å². The van der Waals surface area contributed by atoms with Crippen LogP contribution in [0.25, 0.3) is 5.65 Å². The molecule has 25 heavy (non-hydrogen) atoms. The normalized spacial score (nSPS) is 10.8. The van der Waals surface area contributed by atoms with E-state index in [4.69, 9.17) is 4.74 Å². The van der Waals surface area contributed by atoms with Crippen LogP contribution in [0.15, 0.2) is 42.7 Å². The zero-order valence-corrected chi connectivity index (χ0v) is 14.5. The molecular formula is C19H22N4O2. The zero-order chi connectivity index (χ0) is 17.6. The standard InChI is InChI=1S/C19H22N4O2/c1-14-6-3-4-8-17(14)25-13-19(24)20-9-5-7-16-11-21-18-10-15(2)22-23(18)12-16/h3-4,6,8,10-12H,5,7,9,13H2,1-2H3,(H,20,24). The van der Waals surface area contributed by atoms with Crippen LogP contribution in [0, 0.1) is 13.8 Å². The number of para-hydroxylation sites is 1. The topological polar surface area (TPSA) is 68.5 Å². The van der Waals surface area contributed by atoms with Gasteiger partial charge in [0.25, 0.3) is 5.91 Å². The van der Waals surface area contributed by atoms with Gasteiger partial charge in [-0.2, -0.15) is 5.10 Å². The van der Waals surface area contributed by atoms with Crippen molar-refractivity contribution in [3.8, 4) is 5.75 Å². The summed E-state index contributed by atoms with van der Waals surface area (Å²) in [4.78, 5) is 16.2. The summed E-state index contributed by atoms with van der Waals surface area (Å²) in [7, 11) is 0. The summed E-state index contributed by atoms with van der Waals surface area (Å²) in [6.45, 7) is 4.54. The van der Waals surface area contributed by atoms with E-state index in [1.165, 1.54) is 0 Å². The number of rotatable bonds is 7. The van der Waals surface area contributed by atoms with E-state index >= 15 is 0 Å². The van der Waals surface area contributed by atoms with Gasteiger partial charge in [-0.1, -0.05) is 18.2 Å². The fourth-order valence-corrected chi connectivity index (χ4v) is 2.60. The van der Waals surface area contributed by atoms with E-state index in [2.05, 4.69) is 15.4 Å². The Morgan fingerprint density at radius 1 is 1.28 bits per heavy atom. The van der Waals surface area contributed by atoms with Gasteiger partial charge in [-0.05, 0) is 43.9 Å². The predicted octanol–water partition coefficient (Wildman–Crippen LogP) is 2.47. The Morgan fingerprint density at radius 2 is 2.12 bits per heavy atom. The Balaban J connectivity index is 1.40. The maximum Gasteiger partial charge on any atom is 0.257 e. The first kappa shape index (κ1) is 17.0. The van der Waals surface area contributed by atoms with Crippen LogP contribution >= 0.6 is 0 Å². The number of carbonyl (C=O) groups is 1. The third-order valence-electron chi connectivity index (χ3n) is 3.91. The molecule has 2 aromatic heterocycles. The highest BCUT2D eigenvalue weighted by atomic mass is 16.5. The number of amides is 1. The van der Waals surface area contributed by atoms with Crippen molar-refractivity contribution in [2.45, 2.75) is 26.7 Å². The second-order valence-corrected chi connectivity index (χ2v) is 6.06. The molecule has 1 amide bonds. The number of carbonyl (C=O) groups excluding carboxylic acids is 1. The summed E-state index contributed by atoms with van der Waals surface area (Å²) in [6, 6.07) is 9.60. The third kappa shape index (κ3) is 4.56. The summed E-state index contributed by atoms with van der Waals surface area (Å²) in [5, 5.41) is 7.24. The van der Waals surface area contributed by atoms with E-state index in [1.54, 1.807) is 4.52 Å². The average molecular weight is 338 g/mol. The van der Waals surface area contributed by atoms with Crippen molar-refractivity contribution in [1.82, 2.24) is 19.9 Å². The lowest BCUT2D eigenvalue weighted by Gasteiger charge is -2.09. The summed E-state index contributed by atoms with van der Waals surface area (Å²) < 4.78 is 7.32. The first-order valence-corrected chi connectivity index (χ1v) is 8.38. The van der Waals surface area contributed by atoms with Crippen molar-refractivity contribution in [1.29, 1.82) is 0 Å². The lowest BCUT2D eigenvalue weighted by molar-refractivity contribution is -0.123. The minimum absolute atomic E-state index is 0.0327. The fraction of sp³-hybridized carbons (Fsp3) is 0.316. The van der Waals surface area contributed by atoms with Crippen LogP contribution in [-0.4, -0.2) is 33.7 Å². The molecule has 0 unspecified atom stereocenters. The molecule has 0 fully saturated rings. The van der Waals surface area contributed by atoms with Crippen LogP contribution in [0.2, 0.25) is 0 Å². The molecule has 0 saturated carbocycles. The monoisotopic (exact) mass is 338 g/mol. The van der Waals surface area contributed by atoms with E-state index in [9.17, 15) is 4.79 Å². The number of aromatic nitrogens is 3. The van der Waals surface area contributed by atoms with E-state index < -0.39 is 0 Å². The average Bonchev–Trinajstić information content (AvgIpc) is 2.97. The second kappa shape index (κ2) is 7.79. The molecule has 0 aliphatic heterocycles. The number of benzene rings is 1. The van der Waals surface area contributed by atoms with Gasteiger partial charge in [0.05, 0.1) is 5.69 Å². The molecule has 0 aliphatic carbocycles. The summed E-state index contributed by atoms with van der Waals surface area (Å²) >= 11 is 0. The number of hydrogen-bond donors (Lipinski definition) is 1. The Kier molecular flexibility index (Phi) is 5.28. The van der Waals surface area contributed by atoms with Gasteiger partial charge in [-0.25, -0.2) is 9.50 Å².